The van der Waals surface area contributed by atoms with Crippen LogP contribution in [-0.4, -0.2) is 24.2 Å². The first-order valence-electron chi connectivity index (χ1n) is 8.29. The molecule has 4 N–H and O–H groups in total. The van der Waals surface area contributed by atoms with E-state index in [1.807, 2.05) is 18.2 Å². The maximum Gasteiger partial charge on any atom is 0.173 e. The molecule has 1 heterocycles. The largest absolute Gasteiger partial charge is 0.494 e. The number of benzene rings is 2. The van der Waals surface area contributed by atoms with Gasteiger partial charge in [-0.2, -0.15) is 0 Å². The number of nitrogens with two attached hydrogens (primary N) is 1. The van der Waals surface area contributed by atoms with Gasteiger partial charge in [-0.3, -0.25) is 0 Å². The normalized spacial score (nSPS) is 10.4. The number of nitrogen functional groups attached to an aromatic ring is 1. The molecule has 0 spiro atoms. The van der Waals surface area contributed by atoms with Gasteiger partial charge in [-0.15, -0.1) is 0 Å². The zero-order valence-electron chi connectivity index (χ0n) is 15.3. The minimum atomic E-state index is -0.806. The second kappa shape index (κ2) is 8.38. The molecule has 0 amide bonds. The van der Waals surface area contributed by atoms with Gasteiger partial charge in [-0.1, -0.05) is 12.1 Å². The molecule has 2 aromatic carbocycles. The summed E-state index contributed by atoms with van der Waals surface area (Å²) in [7, 11) is 2.59. The summed E-state index contributed by atoms with van der Waals surface area (Å²) in [4.78, 5) is 8.39. The van der Waals surface area contributed by atoms with Crippen molar-refractivity contribution in [2.24, 2.45) is 0 Å². The van der Waals surface area contributed by atoms with Crippen molar-refractivity contribution < 1.29 is 18.3 Å². The van der Waals surface area contributed by atoms with Gasteiger partial charge in [-0.05, 0) is 12.1 Å². The molecule has 3 aromatic rings. The van der Waals surface area contributed by atoms with Crippen LogP contribution in [0.2, 0.25) is 0 Å². The first kappa shape index (κ1) is 19.2. The summed E-state index contributed by atoms with van der Waals surface area (Å²) < 4.78 is 38.6. The number of nitrogens with one attached hydrogen (secondary N) is 2. The molecule has 1 aromatic heterocycles. The molecule has 146 valence electrons. The van der Waals surface area contributed by atoms with Gasteiger partial charge in [0.2, 0.25) is 0 Å². The number of nitrogens with zero attached hydrogens (tertiary/aromatic N) is 2. The van der Waals surface area contributed by atoms with Gasteiger partial charge in [-0.25, -0.2) is 18.7 Å². The Labute approximate surface area is 160 Å². The van der Waals surface area contributed by atoms with Gasteiger partial charge in [0.25, 0.3) is 0 Å². The third kappa shape index (κ3) is 4.03. The van der Waals surface area contributed by atoms with Crippen LogP contribution >= 0.6 is 0 Å². The lowest BCUT2D eigenvalue weighted by molar-refractivity contribution is 0.354. The monoisotopic (exact) mass is 387 g/mol. The standard InChI is InChI=1S/C19H19F2N5O2/c1-27-14-7-15(28-2)19(21)11(18(14)20)8-23-16-9-25-17(10-24-16)26-13-6-4-3-5-12(13)22/h3-7,9-10H,8,22H2,1-2H3,(H,23,24)(H,25,26). The molecule has 0 aliphatic rings. The number of methoxy groups -OCH3 is 2. The maximum atomic E-state index is 14.4. The van der Waals surface area contributed by atoms with Crippen molar-refractivity contribution in [2.75, 3.05) is 30.6 Å². The lowest BCUT2D eigenvalue weighted by atomic mass is 10.1. The Morgan fingerprint density at radius 3 is 2.14 bits per heavy atom. The molecule has 0 bridgehead atoms. The summed E-state index contributed by atoms with van der Waals surface area (Å²) in [6.07, 6.45) is 2.92. The molecule has 0 unspecified atom stereocenters. The van der Waals surface area contributed by atoms with Gasteiger partial charge in [0.1, 0.15) is 11.6 Å². The molecule has 3 rings (SSSR count). The van der Waals surface area contributed by atoms with Gasteiger partial charge < -0.3 is 25.8 Å². The number of para-hydroxylation sites is 2. The summed E-state index contributed by atoms with van der Waals surface area (Å²) in [5.74, 6) is -1.02. The van der Waals surface area contributed by atoms with E-state index < -0.39 is 11.6 Å². The maximum absolute atomic E-state index is 14.4. The average Bonchev–Trinajstić information content (AvgIpc) is 2.71. The van der Waals surface area contributed by atoms with Gasteiger partial charge >= 0.3 is 0 Å². The number of hydrogen-bond donors (Lipinski definition) is 3. The number of rotatable bonds is 7. The van der Waals surface area contributed by atoms with Crippen molar-refractivity contribution >= 4 is 23.0 Å². The van der Waals surface area contributed by atoms with E-state index in [2.05, 4.69) is 20.6 Å². The summed E-state index contributed by atoms with van der Waals surface area (Å²) in [6.45, 7) is -0.168. The van der Waals surface area contributed by atoms with Crippen LogP contribution in [0, 0.1) is 11.6 Å². The zero-order valence-corrected chi connectivity index (χ0v) is 15.3. The zero-order chi connectivity index (χ0) is 20.1. The molecule has 0 fully saturated rings. The van der Waals surface area contributed by atoms with E-state index in [1.165, 1.54) is 26.6 Å². The third-order valence-electron chi connectivity index (χ3n) is 3.99. The topological polar surface area (TPSA) is 94.3 Å². The van der Waals surface area contributed by atoms with Crippen molar-refractivity contribution in [2.45, 2.75) is 6.54 Å². The predicted octanol–water partition coefficient (Wildman–Crippen LogP) is 3.71. The van der Waals surface area contributed by atoms with E-state index in [-0.39, 0.29) is 23.6 Å². The Bertz CT molecular complexity index is 939. The van der Waals surface area contributed by atoms with Crippen molar-refractivity contribution in [3.8, 4) is 11.5 Å². The number of ether oxygens (including phenoxy) is 2. The number of halogens is 2. The van der Waals surface area contributed by atoms with E-state index >= 15 is 0 Å². The van der Waals surface area contributed by atoms with Gasteiger partial charge in [0.15, 0.2) is 23.1 Å². The highest BCUT2D eigenvalue weighted by molar-refractivity contribution is 5.70. The Kier molecular flexibility index (Phi) is 5.73. The number of hydrogen-bond acceptors (Lipinski definition) is 7. The first-order chi connectivity index (χ1) is 13.5. The molecule has 9 heteroatoms. The lowest BCUT2D eigenvalue weighted by Gasteiger charge is -2.13. The molecule has 0 aliphatic carbocycles. The fraction of sp³-hybridized carbons (Fsp3) is 0.158. The van der Waals surface area contributed by atoms with Crippen LogP contribution in [-0.2, 0) is 6.54 Å². The Balaban J connectivity index is 1.73. The van der Waals surface area contributed by atoms with Gasteiger partial charge in [0, 0.05) is 12.6 Å². The van der Waals surface area contributed by atoms with Crippen molar-refractivity contribution in [1.82, 2.24) is 9.97 Å². The lowest BCUT2D eigenvalue weighted by Crippen LogP contribution is -2.09. The second-order valence-corrected chi connectivity index (χ2v) is 5.74. The second-order valence-electron chi connectivity index (χ2n) is 5.74. The molecule has 0 radical (unpaired) electrons. The summed E-state index contributed by atoms with van der Waals surface area (Å²) >= 11 is 0. The van der Waals surface area contributed by atoms with Crippen LogP contribution < -0.4 is 25.8 Å². The van der Waals surface area contributed by atoms with Gasteiger partial charge in [0.05, 0.1) is 43.6 Å². The Morgan fingerprint density at radius 1 is 0.964 bits per heavy atom. The highest BCUT2D eigenvalue weighted by Gasteiger charge is 2.19. The van der Waals surface area contributed by atoms with E-state index in [0.29, 0.717) is 23.0 Å². The molecule has 0 saturated heterocycles. The molecular formula is C19H19F2N5O2. The van der Waals surface area contributed by atoms with Crippen LogP contribution in [0.5, 0.6) is 11.5 Å². The van der Waals surface area contributed by atoms with Crippen LogP contribution in [0.4, 0.5) is 31.8 Å². The summed E-state index contributed by atoms with van der Waals surface area (Å²) in [5.41, 5.74) is 6.92. The molecule has 7 nitrogen and oxygen atoms in total. The van der Waals surface area contributed by atoms with Crippen molar-refractivity contribution in [1.29, 1.82) is 0 Å². The Morgan fingerprint density at radius 2 is 1.57 bits per heavy atom. The number of aromatic nitrogens is 2. The molecule has 28 heavy (non-hydrogen) atoms. The fourth-order valence-electron chi connectivity index (χ4n) is 2.50. The summed E-state index contributed by atoms with van der Waals surface area (Å²) in [6, 6.07) is 8.39. The van der Waals surface area contributed by atoms with E-state index in [1.54, 1.807) is 6.07 Å². The molecule has 0 saturated carbocycles. The van der Waals surface area contributed by atoms with E-state index in [9.17, 15) is 8.78 Å². The van der Waals surface area contributed by atoms with Crippen LogP contribution in [0.1, 0.15) is 5.56 Å². The average molecular weight is 387 g/mol. The van der Waals surface area contributed by atoms with Crippen molar-refractivity contribution in [3.05, 3.63) is 59.9 Å². The SMILES string of the molecule is COc1cc(OC)c(F)c(CNc2cnc(Nc3ccccc3N)cn2)c1F. The highest BCUT2D eigenvalue weighted by Crippen LogP contribution is 2.31. The van der Waals surface area contributed by atoms with E-state index in [4.69, 9.17) is 15.2 Å². The van der Waals surface area contributed by atoms with Crippen LogP contribution in [0.3, 0.4) is 0 Å². The quantitative estimate of drug-likeness (QED) is 0.532. The summed E-state index contributed by atoms with van der Waals surface area (Å²) in [5, 5.41) is 5.87. The molecule has 0 atom stereocenters. The minimum Gasteiger partial charge on any atom is -0.494 e. The molecular weight excluding hydrogens is 368 g/mol. The minimum absolute atomic E-state index is 0.110. The number of anilines is 4. The first-order valence-corrected chi connectivity index (χ1v) is 8.29. The van der Waals surface area contributed by atoms with Crippen molar-refractivity contribution in [3.63, 3.8) is 0 Å². The van der Waals surface area contributed by atoms with Crippen LogP contribution in [0.15, 0.2) is 42.7 Å². The fourth-order valence-corrected chi connectivity index (χ4v) is 2.50. The smallest absolute Gasteiger partial charge is 0.173 e. The Hall–Kier alpha value is -3.62. The predicted molar refractivity (Wildman–Crippen MR) is 103 cm³/mol. The highest BCUT2D eigenvalue weighted by atomic mass is 19.1. The third-order valence-corrected chi connectivity index (χ3v) is 3.99. The van der Waals surface area contributed by atoms with E-state index in [0.717, 1.165) is 6.07 Å². The van der Waals surface area contributed by atoms with Crippen LogP contribution in [0.25, 0.3) is 0 Å². The molecule has 0 aliphatic heterocycles.